The highest BCUT2D eigenvalue weighted by atomic mass is 16.5. The van der Waals surface area contributed by atoms with E-state index in [-0.39, 0.29) is 0 Å². The first kappa shape index (κ1) is 11.7. The Morgan fingerprint density at radius 2 is 1.80 bits per heavy atom. The molecule has 0 aliphatic carbocycles. The molecule has 20 heavy (non-hydrogen) atoms. The smallest absolute Gasteiger partial charge is 0.228 e. The second-order valence-corrected chi connectivity index (χ2v) is 5.16. The van der Waals surface area contributed by atoms with Crippen molar-refractivity contribution in [3.8, 4) is 0 Å². The minimum atomic E-state index is 0.725. The van der Waals surface area contributed by atoms with Crippen LogP contribution in [0.1, 0.15) is 5.76 Å². The van der Waals surface area contributed by atoms with Gasteiger partial charge in [-0.25, -0.2) is 0 Å². The van der Waals surface area contributed by atoms with Crippen molar-refractivity contribution in [3.63, 3.8) is 0 Å². The summed E-state index contributed by atoms with van der Waals surface area (Å²) >= 11 is 0. The molecule has 1 saturated heterocycles. The highest BCUT2D eigenvalue weighted by Gasteiger charge is 2.18. The second-order valence-electron chi connectivity index (χ2n) is 5.16. The molecule has 3 heterocycles. The van der Waals surface area contributed by atoms with E-state index >= 15 is 0 Å². The van der Waals surface area contributed by atoms with E-state index in [4.69, 9.17) is 14.1 Å². The Bertz CT molecular complexity index is 773. The van der Waals surface area contributed by atoms with Gasteiger partial charge >= 0.3 is 0 Å². The first-order valence-corrected chi connectivity index (χ1v) is 6.94. The van der Waals surface area contributed by atoms with Crippen LogP contribution in [0.25, 0.3) is 21.9 Å². The van der Waals surface area contributed by atoms with Gasteiger partial charge in [-0.15, -0.1) is 0 Å². The normalized spacial score (nSPS) is 16.1. The second kappa shape index (κ2) is 4.49. The van der Waals surface area contributed by atoms with Crippen molar-refractivity contribution in [2.75, 3.05) is 31.2 Å². The quantitative estimate of drug-likeness (QED) is 0.679. The molecular formula is C16H16N2O2. The third-order valence-corrected chi connectivity index (χ3v) is 3.81. The molecule has 0 amide bonds. The maximum atomic E-state index is 5.74. The molecule has 4 rings (SSSR count). The number of rotatable bonds is 1. The number of hydrogen-bond acceptors (Lipinski definition) is 4. The summed E-state index contributed by atoms with van der Waals surface area (Å²) in [6, 6.07) is 10.5. The zero-order chi connectivity index (χ0) is 13.5. The summed E-state index contributed by atoms with van der Waals surface area (Å²) in [7, 11) is 0. The maximum absolute atomic E-state index is 5.74. The number of pyridine rings is 1. The molecule has 1 aromatic carbocycles. The largest absolute Gasteiger partial charge is 0.443 e. The van der Waals surface area contributed by atoms with Crippen molar-refractivity contribution in [1.29, 1.82) is 0 Å². The topological polar surface area (TPSA) is 38.5 Å². The lowest BCUT2D eigenvalue weighted by Crippen LogP contribution is -2.36. The van der Waals surface area contributed by atoms with Gasteiger partial charge in [0.05, 0.1) is 13.2 Å². The molecule has 1 aliphatic rings. The highest BCUT2D eigenvalue weighted by Crippen LogP contribution is 2.33. The van der Waals surface area contributed by atoms with Gasteiger partial charge in [0, 0.05) is 23.9 Å². The highest BCUT2D eigenvalue weighted by molar-refractivity contribution is 6.09. The Balaban J connectivity index is 2.01. The van der Waals surface area contributed by atoms with Crippen molar-refractivity contribution in [1.82, 2.24) is 4.98 Å². The molecule has 0 unspecified atom stereocenters. The lowest BCUT2D eigenvalue weighted by molar-refractivity contribution is 0.122. The minimum absolute atomic E-state index is 0.725. The SMILES string of the molecule is Cc1cc2c(nc(N3CCOCC3)c3ccccc32)o1. The lowest BCUT2D eigenvalue weighted by atomic mass is 10.1. The Kier molecular flexibility index (Phi) is 2.63. The van der Waals surface area contributed by atoms with Crippen LogP contribution in [-0.2, 0) is 4.74 Å². The van der Waals surface area contributed by atoms with E-state index in [1.807, 2.05) is 6.92 Å². The standard InChI is InChI=1S/C16H16N2O2/c1-11-10-14-12-4-2-3-5-13(12)15(17-16(14)20-11)18-6-8-19-9-7-18/h2-5,10H,6-9H2,1H3. The third-order valence-electron chi connectivity index (χ3n) is 3.81. The number of benzene rings is 1. The zero-order valence-electron chi connectivity index (χ0n) is 11.4. The maximum Gasteiger partial charge on any atom is 0.228 e. The van der Waals surface area contributed by atoms with Gasteiger partial charge in [0.25, 0.3) is 0 Å². The van der Waals surface area contributed by atoms with Gasteiger partial charge in [0.15, 0.2) is 0 Å². The molecule has 0 spiro atoms. The molecular weight excluding hydrogens is 252 g/mol. The average molecular weight is 268 g/mol. The molecule has 3 aromatic rings. The fourth-order valence-electron chi connectivity index (χ4n) is 2.86. The van der Waals surface area contributed by atoms with Gasteiger partial charge in [-0.1, -0.05) is 24.3 Å². The van der Waals surface area contributed by atoms with Crippen LogP contribution in [0.15, 0.2) is 34.7 Å². The summed E-state index contributed by atoms with van der Waals surface area (Å²) in [5.74, 6) is 1.91. The van der Waals surface area contributed by atoms with E-state index in [2.05, 4.69) is 35.2 Å². The lowest BCUT2D eigenvalue weighted by Gasteiger charge is -2.28. The minimum Gasteiger partial charge on any atom is -0.443 e. The molecule has 102 valence electrons. The molecule has 2 aromatic heterocycles. The van der Waals surface area contributed by atoms with Crippen LogP contribution in [0.2, 0.25) is 0 Å². The summed E-state index contributed by atoms with van der Waals surface area (Å²) in [4.78, 5) is 7.03. The van der Waals surface area contributed by atoms with Crippen LogP contribution in [-0.4, -0.2) is 31.3 Å². The Morgan fingerprint density at radius 3 is 2.60 bits per heavy atom. The van der Waals surface area contributed by atoms with E-state index in [0.717, 1.165) is 49.0 Å². The van der Waals surface area contributed by atoms with E-state index in [0.29, 0.717) is 0 Å². The number of fused-ring (bicyclic) bond motifs is 3. The van der Waals surface area contributed by atoms with Gasteiger partial charge in [-0.05, 0) is 18.4 Å². The third kappa shape index (κ3) is 1.76. The molecule has 0 atom stereocenters. The summed E-state index contributed by atoms with van der Waals surface area (Å²) in [5.41, 5.74) is 0.725. The first-order valence-electron chi connectivity index (χ1n) is 6.94. The molecule has 0 N–H and O–H groups in total. The molecule has 1 fully saturated rings. The van der Waals surface area contributed by atoms with Gasteiger partial charge in [0.2, 0.25) is 5.71 Å². The summed E-state index contributed by atoms with van der Waals surface area (Å²) in [6.07, 6.45) is 0. The van der Waals surface area contributed by atoms with Crippen LogP contribution < -0.4 is 4.90 Å². The van der Waals surface area contributed by atoms with Gasteiger partial charge < -0.3 is 14.1 Å². The van der Waals surface area contributed by atoms with E-state index < -0.39 is 0 Å². The molecule has 0 bridgehead atoms. The van der Waals surface area contributed by atoms with Crippen molar-refractivity contribution in [2.24, 2.45) is 0 Å². The summed E-state index contributed by atoms with van der Waals surface area (Å²) in [6.45, 7) is 5.23. The van der Waals surface area contributed by atoms with Gasteiger partial charge in [-0.2, -0.15) is 4.98 Å². The number of furan rings is 1. The number of anilines is 1. The summed E-state index contributed by atoms with van der Waals surface area (Å²) < 4.78 is 11.2. The number of hydrogen-bond donors (Lipinski definition) is 0. The Hall–Kier alpha value is -2.07. The number of aromatic nitrogens is 1. The Morgan fingerprint density at radius 1 is 1.05 bits per heavy atom. The summed E-state index contributed by atoms with van der Waals surface area (Å²) in [5, 5.41) is 3.48. The monoisotopic (exact) mass is 268 g/mol. The van der Waals surface area contributed by atoms with Crippen molar-refractivity contribution in [2.45, 2.75) is 6.92 Å². The fraction of sp³-hybridized carbons (Fsp3) is 0.312. The zero-order valence-corrected chi connectivity index (χ0v) is 11.4. The number of ether oxygens (including phenoxy) is 1. The average Bonchev–Trinajstić information content (AvgIpc) is 2.88. The molecule has 0 saturated carbocycles. The van der Waals surface area contributed by atoms with Crippen LogP contribution in [0.5, 0.6) is 0 Å². The van der Waals surface area contributed by atoms with Crippen LogP contribution in [0, 0.1) is 6.92 Å². The number of morpholine rings is 1. The Labute approximate surface area is 117 Å². The predicted molar refractivity (Wildman–Crippen MR) is 79.3 cm³/mol. The van der Waals surface area contributed by atoms with Gasteiger partial charge in [0.1, 0.15) is 11.6 Å². The van der Waals surface area contributed by atoms with E-state index in [9.17, 15) is 0 Å². The van der Waals surface area contributed by atoms with Crippen molar-refractivity contribution >= 4 is 27.7 Å². The molecule has 4 nitrogen and oxygen atoms in total. The van der Waals surface area contributed by atoms with Crippen molar-refractivity contribution < 1.29 is 9.15 Å². The number of nitrogens with zero attached hydrogens (tertiary/aromatic N) is 2. The first-order chi connectivity index (χ1) is 9.83. The van der Waals surface area contributed by atoms with Crippen molar-refractivity contribution in [3.05, 3.63) is 36.1 Å². The van der Waals surface area contributed by atoms with Gasteiger partial charge in [-0.3, -0.25) is 0 Å². The molecule has 4 heteroatoms. The van der Waals surface area contributed by atoms with E-state index in [1.54, 1.807) is 0 Å². The predicted octanol–water partition coefficient (Wildman–Crippen LogP) is 3.13. The molecule has 1 aliphatic heterocycles. The van der Waals surface area contributed by atoms with Crippen LogP contribution in [0.4, 0.5) is 5.82 Å². The number of aryl methyl sites for hydroxylation is 1. The van der Waals surface area contributed by atoms with E-state index in [1.165, 1.54) is 10.8 Å². The molecule has 0 radical (unpaired) electrons. The fourth-order valence-corrected chi connectivity index (χ4v) is 2.86. The van der Waals surface area contributed by atoms with Crippen LogP contribution >= 0.6 is 0 Å². The van der Waals surface area contributed by atoms with Crippen LogP contribution in [0.3, 0.4) is 0 Å².